The molecule has 0 radical (unpaired) electrons. The Labute approximate surface area is 142 Å². The molecule has 3 heteroatoms. The van der Waals surface area contributed by atoms with Crippen LogP contribution in [0.5, 0.6) is 0 Å². The van der Waals surface area contributed by atoms with E-state index in [2.05, 4.69) is 58.9 Å². The summed E-state index contributed by atoms with van der Waals surface area (Å²) in [4.78, 5) is 0. The molecule has 2 rings (SSSR count). The van der Waals surface area contributed by atoms with Gasteiger partial charge in [-0.1, -0.05) is 78.1 Å². The summed E-state index contributed by atoms with van der Waals surface area (Å²) in [5.41, 5.74) is 2.10. The van der Waals surface area contributed by atoms with Crippen molar-refractivity contribution in [3.05, 3.63) is 35.4 Å². The lowest BCUT2D eigenvalue weighted by Gasteiger charge is -2.37. The second kappa shape index (κ2) is 6.98. The van der Waals surface area contributed by atoms with Crippen LogP contribution in [-0.4, -0.2) is 23.2 Å². The van der Waals surface area contributed by atoms with Crippen LogP contribution < -0.4 is 0 Å². The molecule has 1 aliphatic heterocycles. The molecular weight excluding hydrogens is 283 g/mol. The molecule has 1 heterocycles. The molecule has 1 aliphatic rings. The molecule has 0 aromatic heterocycles. The third-order valence-corrected chi connectivity index (χ3v) is 6.50. The zero-order chi connectivity index (χ0) is 17.3. The van der Waals surface area contributed by atoms with Gasteiger partial charge in [0.2, 0.25) is 0 Å². The van der Waals surface area contributed by atoms with Crippen molar-refractivity contribution in [1.29, 1.82) is 0 Å². The zero-order valence-corrected chi connectivity index (χ0v) is 15.5. The summed E-state index contributed by atoms with van der Waals surface area (Å²) in [6.45, 7) is 9.94. The topological polar surface area (TPSA) is 40.5 Å². The van der Waals surface area contributed by atoms with Crippen LogP contribution in [0.15, 0.2) is 24.3 Å². The molecule has 0 spiro atoms. The van der Waals surface area contributed by atoms with Crippen molar-refractivity contribution in [3.63, 3.8) is 0 Å². The van der Waals surface area contributed by atoms with E-state index in [1.807, 2.05) is 0 Å². The Balaban J connectivity index is 2.10. The lowest BCUT2D eigenvalue weighted by Crippen LogP contribution is -2.34. The molecule has 128 valence electrons. The molecule has 1 fully saturated rings. The van der Waals surface area contributed by atoms with Crippen LogP contribution in [0.1, 0.15) is 77.2 Å². The molecular formula is C20H33BO2. The second-order valence-corrected chi connectivity index (χ2v) is 8.41. The first-order valence-corrected chi connectivity index (χ1v) is 9.18. The van der Waals surface area contributed by atoms with Crippen LogP contribution >= 0.6 is 0 Å². The molecule has 1 aromatic carbocycles. The molecule has 23 heavy (non-hydrogen) atoms. The van der Waals surface area contributed by atoms with Gasteiger partial charge in [0.15, 0.2) is 0 Å². The van der Waals surface area contributed by atoms with Crippen molar-refractivity contribution < 1.29 is 10.1 Å². The van der Waals surface area contributed by atoms with Gasteiger partial charge in [-0.2, -0.15) is 0 Å². The summed E-state index contributed by atoms with van der Waals surface area (Å²) in [5, 5.41) is 21.3. The zero-order valence-electron chi connectivity index (χ0n) is 15.5. The normalized spacial score (nSPS) is 25.8. The van der Waals surface area contributed by atoms with Crippen molar-refractivity contribution >= 4 is 6.92 Å². The maximum absolute atomic E-state index is 10.8. The smallest absolute Gasteiger partial charge is 0.305 e. The lowest BCUT2D eigenvalue weighted by atomic mass is 9.41. The average Bonchev–Trinajstić information content (AvgIpc) is 2.63. The second-order valence-electron chi connectivity index (χ2n) is 8.41. The van der Waals surface area contributed by atoms with E-state index in [1.54, 1.807) is 0 Å². The highest BCUT2D eigenvalue weighted by Gasteiger charge is 2.62. The number of aliphatic hydroxyl groups is 1. The molecule has 2 nitrogen and oxygen atoms in total. The maximum atomic E-state index is 10.8. The molecule has 0 aliphatic carbocycles. The molecule has 0 saturated carbocycles. The molecule has 2 N–H and O–H groups in total. The van der Waals surface area contributed by atoms with Gasteiger partial charge in [0.1, 0.15) is 0 Å². The van der Waals surface area contributed by atoms with E-state index in [9.17, 15) is 10.1 Å². The van der Waals surface area contributed by atoms with Crippen molar-refractivity contribution in [3.8, 4) is 0 Å². The van der Waals surface area contributed by atoms with Crippen molar-refractivity contribution in [2.75, 3.05) is 0 Å². The summed E-state index contributed by atoms with van der Waals surface area (Å²) in [7, 11) is 0. The number of hydrogen-bond acceptors (Lipinski definition) is 2. The van der Waals surface area contributed by atoms with Crippen molar-refractivity contribution in [2.24, 2.45) is 5.41 Å². The summed E-state index contributed by atoms with van der Waals surface area (Å²) >= 11 is 0. The van der Waals surface area contributed by atoms with E-state index in [4.69, 9.17) is 0 Å². The molecule has 1 saturated heterocycles. The van der Waals surface area contributed by atoms with Gasteiger partial charge in [0, 0.05) is 5.82 Å². The van der Waals surface area contributed by atoms with Crippen molar-refractivity contribution in [1.82, 2.24) is 0 Å². The van der Waals surface area contributed by atoms with Gasteiger partial charge >= 0.3 is 6.92 Å². The summed E-state index contributed by atoms with van der Waals surface area (Å²) in [6.07, 6.45) is 5.70. The predicted molar refractivity (Wildman–Crippen MR) is 98.8 cm³/mol. The minimum absolute atomic E-state index is 0.200. The standard InChI is InChI=1S/C20H33BO2/c1-6-7-8-9-10-15-11-13-16(14-12-15)17-18(22)19(2,3)20(4,5)21(17)23/h11-14,17-18,22-23H,6-10H2,1-5H3. The average molecular weight is 316 g/mol. The van der Waals surface area contributed by atoms with Crippen LogP contribution in [-0.2, 0) is 6.42 Å². The Bertz CT molecular complexity index is 487. The first kappa shape index (κ1) is 18.5. The maximum Gasteiger partial charge on any atom is 0.305 e. The fraction of sp³-hybridized carbons (Fsp3) is 0.700. The predicted octanol–water partition coefficient (Wildman–Crippen LogP) is 4.60. The van der Waals surface area contributed by atoms with Gasteiger partial charge in [-0.3, -0.25) is 0 Å². The van der Waals surface area contributed by atoms with Crippen LogP contribution in [0.25, 0.3) is 0 Å². The first-order valence-electron chi connectivity index (χ1n) is 9.18. The number of benzene rings is 1. The Kier molecular flexibility index (Phi) is 5.63. The highest BCUT2D eigenvalue weighted by Crippen LogP contribution is 2.60. The molecule has 2 atom stereocenters. The van der Waals surface area contributed by atoms with Gasteiger partial charge in [0.25, 0.3) is 0 Å². The van der Waals surface area contributed by atoms with Crippen LogP contribution in [0.3, 0.4) is 0 Å². The van der Waals surface area contributed by atoms with Gasteiger partial charge in [-0.05, 0) is 34.7 Å². The van der Waals surface area contributed by atoms with E-state index < -0.39 is 13.0 Å². The third-order valence-electron chi connectivity index (χ3n) is 6.50. The lowest BCUT2D eigenvalue weighted by molar-refractivity contribution is 0.0406. The fourth-order valence-electron chi connectivity index (χ4n) is 3.86. The van der Waals surface area contributed by atoms with E-state index in [1.165, 1.54) is 31.2 Å². The third kappa shape index (κ3) is 3.37. The van der Waals surface area contributed by atoms with Crippen LogP contribution in [0.2, 0.25) is 5.31 Å². The van der Waals surface area contributed by atoms with Gasteiger partial charge in [-0.15, -0.1) is 0 Å². The molecule has 1 aromatic rings. The monoisotopic (exact) mass is 316 g/mol. The Hall–Kier alpha value is -0.795. The van der Waals surface area contributed by atoms with Gasteiger partial charge < -0.3 is 10.1 Å². The SMILES string of the molecule is CCCCCCc1ccc(C2B(O)C(C)(C)C(C)(C)C2O)cc1. The van der Waals surface area contributed by atoms with Gasteiger partial charge in [-0.25, -0.2) is 0 Å². The number of aliphatic hydroxyl groups excluding tert-OH is 1. The summed E-state index contributed by atoms with van der Waals surface area (Å²) < 4.78 is 0. The number of unbranched alkanes of at least 4 members (excludes halogenated alkanes) is 3. The van der Waals surface area contributed by atoms with E-state index >= 15 is 0 Å². The fourth-order valence-corrected chi connectivity index (χ4v) is 3.86. The number of rotatable bonds is 6. The Morgan fingerprint density at radius 1 is 1.00 bits per heavy atom. The van der Waals surface area contributed by atoms with E-state index in [0.717, 1.165) is 12.0 Å². The van der Waals surface area contributed by atoms with Crippen molar-refractivity contribution in [2.45, 2.75) is 84.0 Å². The van der Waals surface area contributed by atoms with E-state index in [-0.39, 0.29) is 16.5 Å². The minimum atomic E-state index is -0.525. The number of aryl methyl sites for hydroxylation is 1. The first-order chi connectivity index (χ1) is 10.7. The quantitative estimate of drug-likeness (QED) is 0.595. The Morgan fingerprint density at radius 3 is 2.09 bits per heavy atom. The largest absolute Gasteiger partial charge is 0.449 e. The Morgan fingerprint density at radius 2 is 1.61 bits per heavy atom. The number of hydrogen-bond donors (Lipinski definition) is 2. The van der Waals surface area contributed by atoms with Crippen LogP contribution in [0, 0.1) is 5.41 Å². The molecule has 2 unspecified atom stereocenters. The minimum Gasteiger partial charge on any atom is -0.449 e. The summed E-state index contributed by atoms with van der Waals surface area (Å²) in [5.74, 6) is -0.200. The summed E-state index contributed by atoms with van der Waals surface area (Å²) in [6, 6.07) is 8.53. The van der Waals surface area contributed by atoms with E-state index in [0.29, 0.717) is 0 Å². The highest BCUT2D eigenvalue weighted by atomic mass is 16.3. The highest BCUT2D eigenvalue weighted by molar-refractivity contribution is 6.57. The molecule has 0 amide bonds. The van der Waals surface area contributed by atoms with Gasteiger partial charge in [0.05, 0.1) is 6.10 Å². The molecule has 0 bridgehead atoms. The van der Waals surface area contributed by atoms with Crippen LogP contribution in [0.4, 0.5) is 0 Å².